The van der Waals surface area contributed by atoms with Gasteiger partial charge in [0.2, 0.25) is 0 Å². The lowest BCUT2D eigenvalue weighted by Gasteiger charge is -2.39. The van der Waals surface area contributed by atoms with E-state index in [4.69, 9.17) is 15.2 Å². The number of rotatable bonds is 6. The predicted molar refractivity (Wildman–Crippen MR) is 142 cm³/mol. The van der Waals surface area contributed by atoms with Gasteiger partial charge in [0.05, 0.1) is 18.6 Å². The minimum absolute atomic E-state index is 0.408. The fourth-order valence-corrected chi connectivity index (χ4v) is 5.74. The average Bonchev–Trinajstić information content (AvgIpc) is 3.34. The minimum Gasteiger partial charge on any atom is -0.489 e. The van der Waals surface area contributed by atoms with E-state index >= 15 is 0 Å². The molecule has 0 bridgehead atoms. The van der Waals surface area contributed by atoms with E-state index in [1.54, 1.807) is 6.33 Å². The Bertz CT molecular complexity index is 1310. The van der Waals surface area contributed by atoms with Crippen LogP contribution in [0.1, 0.15) is 37.3 Å². The Morgan fingerprint density at radius 3 is 2.50 bits per heavy atom. The molecule has 3 heterocycles. The monoisotopic (exact) mass is 483 g/mol. The van der Waals surface area contributed by atoms with Crippen LogP contribution in [0.5, 0.6) is 5.75 Å². The lowest BCUT2D eigenvalue weighted by Crippen LogP contribution is -2.45. The third-order valence-electron chi connectivity index (χ3n) is 7.65. The second-order valence-electron chi connectivity index (χ2n) is 9.82. The number of benzene rings is 2. The molecule has 0 atom stereocenters. The molecule has 0 amide bonds. The summed E-state index contributed by atoms with van der Waals surface area (Å²) in [5, 5.41) is 0.924. The number of morpholine rings is 1. The molecular weight excluding hydrogens is 450 g/mol. The molecule has 6 rings (SSSR count). The Kier molecular flexibility index (Phi) is 6.57. The van der Waals surface area contributed by atoms with Gasteiger partial charge in [-0.25, -0.2) is 9.97 Å². The van der Waals surface area contributed by atoms with Crippen molar-refractivity contribution < 1.29 is 9.47 Å². The van der Waals surface area contributed by atoms with Crippen LogP contribution in [0.2, 0.25) is 0 Å². The maximum absolute atomic E-state index is 6.42. The highest BCUT2D eigenvalue weighted by Gasteiger charge is 2.29. The van der Waals surface area contributed by atoms with Crippen LogP contribution in [0.15, 0.2) is 67.1 Å². The van der Waals surface area contributed by atoms with Crippen molar-refractivity contribution in [3.05, 3.63) is 72.7 Å². The van der Waals surface area contributed by atoms with Gasteiger partial charge in [0.25, 0.3) is 0 Å². The highest BCUT2D eigenvalue weighted by Crippen LogP contribution is 2.39. The number of anilines is 1. The molecule has 2 aromatic carbocycles. The summed E-state index contributed by atoms with van der Waals surface area (Å²) in [4.78, 5) is 11.6. The van der Waals surface area contributed by atoms with Crippen molar-refractivity contribution in [1.82, 2.24) is 19.4 Å². The number of aromatic nitrogens is 3. The van der Waals surface area contributed by atoms with Crippen molar-refractivity contribution in [2.45, 2.75) is 44.4 Å². The number of fused-ring (bicyclic) bond motifs is 1. The van der Waals surface area contributed by atoms with Crippen LogP contribution in [0.3, 0.4) is 0 Å². The fraction of sp³-hybridized carbons (Fsp3) is 0.379. The van der Waals surface area contributed by atoms with Crippen molar-refractivity contribution in [1.29, 1.82) is 0 Å². The Morgan fingerprint density at radius 2 is 1.69 bits per heavy atom. The van der Waals surface area contributed by atoms with E-state index in [0.717, 1.165) is 72.6 Å². The Hall–Kier alpha value is -3.42. The largest absolute Gasteiger partial charge is 0.489 e. The molecule has 2 N–H and O–H groups in total. The highest BCUT2D eigenvalue weighted by molar-refractivity contribution is 6.00. The van der Waals surface area contributed by atoms with Crippen molar-refractivity contribution in [3.8, 4) is 16.9 Å². The van der Waals surface area contributed by atoms with Crippen LogP contribution in [0.4, 0.5) is 5.82 Å². The zero-order valence-corrected chi connectivity index (χ0v) is 20.6. The first kappa shape index (κ1) is 23.0. The lowest BCUT2D eigenvalue weighted by atomic mass is 9.90. The third-order valence-corrected chi connectivity index (χ3v) is 7.65. The molecule has 1 saturated heterocycles. The van der Waals surface area contributed by atoms with Crippen LogP contribution < -0.4 is 10.5 Å². The zero-order chi connectivity index (χ0) is 24.3. The molecule has 1 aliphatic carbocycles. The van der Waals surface area contributed by atoms with Gasteiger partial charge in [0.1, 0.15) is 30.1 Å². The third kappa shape index (κ3) is 4.68. The van der Waals surface area contributed by atoms with E-state index in [-0.39, 0.29) is 0 Å². The summed E-state index contributed by atoms with van der Waals surface area (Å²) in [5.74, 6) is 1.35. The first-order valence-corrected chi connectivity index (χ1v) is 13.0. The van der Waals surface area contributed by atoms with Crippen LogP contribution in [0.25, 0.3) is 22.2 Å². The normalized spacial score (nSPS) is 21.0. The summed E-state index contributed by atoms with van der Waals surface area (Å²) in [6, 6.07) is 19.5. The molecule has 2 fully saturated rings. The van der Waals surface area contributed by atoms with Crippen molar-refractivity contribution in [2.75, 3.05) is 32.0 Å². The van der Waals surface area contributed by atoms with E-state index in [2.05, 4.69) is 49.9 Å². The maximum atomic E-state index is 6.42. The first-order chi connectivity index (χ1) is 17.8. The van der Waals surface area contributed by atoms with Gasteiger partial charge in [-0.05, 0) is 48.9 Å². The van der Waals surface area contributed by atoms with Gasteiger partial charge in [-0.15, -0.1) is 0 Å². The molecule has 1 aliphatic heterocycles. The van der Waals surface area contributed by atoms with E-state index in [9.17, 15) is 0 Å². The molecule has 0 unspecified atom stereocenters. The molecule has 2 aliphatic rings. The summed E-state index contributed by atoms with van der Waals surface area (Å²) >= 11 is 0. The van der Waals surface area contributed by atoms with Gasteiger partial charge in [0, 0.05) is 36.9 Å². The number of nitrogens with two attached hydrogens (primary N) is 1. The van der Waals surface area contributed by atoms with Crippen molar-refractivity contribution in [3.63, 3.8) is 0 Å². The van der Waals surface area contributed by atoms with E-state index in [0.29, 0.717) is 24.5 Å². The SMILES string of the molecule is Nc1ncnc2c1c(-c1cccc(OCc3ccccc3)c1)cn2[C@H]1CC[C@@H](N2CCOCC2)CC1. The number of hydrogen-bond donors (Lipinski definition) is 1. The van der Waals surface area contributed by atoms with E-state index in [1.165, 1.54) is 12.8 Å². The van der Waals surface area contributed by atoms with Gasteiger partial charge < -0.3 is 19.8 Å². The Labute approximate surface area is 211 Å². The number of ether oxygens (including phenoxy) is 2. The summed E-state index contributed by atoms with van der Waals surface area (Å²) in [7, 11) is 0. The summed E-state index contributed by atoms with van der Waals surface area (Å²) < 4.78 is 14.0. The van der Waals surface area contributed by atoms with Crippen LogP contribution in [0, 0.1) is 0 Å². The van der Waals surface area contributed by atoms with Crippen LogP contribution in [-0.2, 0) is 11.3 Å². The molecule has 2 aromatic heterocycles. The fourth-order valence-electron chi connectivity index (χ4n) is 5.74. The molecule has 36 heavy (non-hydrogen) atoms. The van der Waals surface area contributed by atoms with Crippen molar-refractivity contribution >= 4 is 16.9 Å². The average molecular weight is 484 g/mol. The molecule has 1 saturated carbocycles. The summed E-state index contributed by atoms with van der Waals surface area (Å²) in [5.41, 5.74) is 10.6. The molecule has 4 aromatic rings. The van der Waals surface area contributed by atoms with Gasteiger partial charge in [-0.1, -0.05) is 42.5 Å². The smallest absolute Gasteiger partial charge is 0.146 e. The van der Waals surface area contributed by atoms with Crippen molar-refractivity contribution in [2.24, 2.45) is 0 Å². The molecule has 7 heteroatoms. The number of hydrogen-bond acceptors (Lipinski definition) is 6. The van der Waals surface area contributed by atoms with E-state index in [1.807, 2.05) is 30.3 Å². The van der Waals surface area contributed by atoms with Gasteiger partial charge in [0.15, 0.2) is 0 Å². The van der Waals surface area contributed by atoms with Gasteiger partial charge in [-0.3, -0.25) is 4.90 Å². The zero-order valence-electron chi connectivity index (χ0n) is 20.6. The maximum Gasteiger partial charge on any atom is 0.146 e. The highest BCUT2D eigenvalue weighted by atomic mass is 16.5. The van der Waals surface area contributed by atoms with Gasteiger partial charge in [-0.2, -0.15) is 0 Å². The van der Waals surface area contributed by atoms with Gasteiger partial charge >= 0.3 is 0 Å². The number of nitrogens with zero attached hydrogens (tertiary/aromatic N) is 4. The lowest BCUT2D eigenvalue weighted by molar-refractivity contribution is 0.00558. The summed E-state index contributed by atoms with van der Waals surface area (Å²) in [6.45, 7) is 4.35. The Morgan fingerprint density at radius 1 is 0.917 bits per heavy atom. The van der Waals surface area contributed by atoms with Crippen LogP contribution >= 0.6 is 0 Å². The second kappa shape index (κ2) is 10.3. The number of nitrogen functional groups attached to an aromatic ring is 1. The quantitative estimate of drug-likeness (QED) is 0.412. The molecule has 0 spiro atoms. The van der Waals surface area contributed by atoms with E-state index < -0.39 is 0 Å². The first-order valence-electron chi connectivity index (χ1n) is 13.0. The minimum atomic E-state index is 0.408. The molecule has 7 nitrogen and oxygen atoms in total. The predicted octanol–water partition coefficient (Wildman–Crippen LogP) is 5.08. The standard InChI is InChI=1S/C29H33N5O2/c30-28-27-26(22-7-4-8-25(17-22)36-19-21-5-2-1-3-6-21)18-34(29(27)32-20-31-28)24-11-9-23(10-12-24)33-13-15-35-16-14-33/h1-8,17-18,20,23-24H,9-16,19H2,(H2,30,31,32)/t23-,24+. The van der Waals surface area contributed by atoms with Crippen LogP contribution in [-0.4, -0.2) is 51.8 Å². The molecular formula is C29H33N5O2. The second-order valence-corrected chi connectivity index (χ2v) is 9.82. The summed E-state index contributed by atoms with van der Waals surface area (Å²) in [6.07, 6.45) is 8.47. The molecule has 186 valence electrons. The Balaban J connectivity index is 1.26. The topological polar surface area (TPSA) is 78.4 Å². The molecule has 0 radical (unpaired) electrons.